The van der Waals surface area contributed by atoms with Crippen molar-refractivity contribution in [1.29, 1.82) is 0 Å². The number of hydrogen-bond acceptors (Lipinski definition) is 3. The standard InChI is InChI=1S/C24H30N6O.HI/c1-4-26-24(28-16-20-9-11-22(12-10-20)23(31)29(2)3)27-15-19-5-7-21(8-6-19)17-30-14-13-25-18-30;/h5-14,18H,4,15-17H2,1-3H3,(H2,26,27,28);1H. The fraction of sp³-hybridized carbons (Fsp3) is 0.292. The van der Waals surface area contributed by atoms with Crippen LogP contribution in [0.3, 0.4) is 0 Å². The van der Waals surface area contributed by atoms with Crippen LogP contribution in [0, 0.1) is 0 Å². The molecule has 0 spiro atoms. The van der Waals surface area contributed by atoms with Gasteiger partial charge in [0.15, 0.2) is 5.96 Å². The van der Waals surface area contributed by atoms with Crippen molar-refractivity contribution in [3.8, 4) is 0 Å². The maximum absolute atomic E-state index is 12.0. The van der Waals surface area contributed by atoms with Crippen molar-refractivity contribution in [1.82, 2.24) is 25.1 Å². The summed E-state index contributed by atoms with van der Waals surface area (Å²) in [5.41, 5.74) is 4.15. The third-order valence-corrected chi connectivity index (χ3v) is 4.78. The van der Waals surface area contributed by atoms with E-state index in [4.69, 9.17) is 0 Å². The molecule has 0 unspecified atom stereocenters. The molecule has 1 amide bonds. The largest absolute Gasteiger partial charge is 0.357 e. The first-order chi connectivity index (χ1) is 15.0. The van der Waals surface area contributed by atoms with Crippen molar-refractivity contribution in [2.75, 3.05) is 20.6 Å². The van der Waals surface area contributed by atoms with E-state index in [1.165, 1.54) is 11.1 Å². The number of halogens is 1. The van der Waals surface area contributed by atoms with E-state index in [1.807, 2.05) is 48.3 Å². The number of aromatic nitrogens is 2. The van der Waals surface area contributed by atoms with Gasteiger partial charge < -0.3 is 20.1 Å². The summed E-state index contributed by atoms with van der Waals surface area (Å²) in [6, 6.07) is 16.1. The highest BCUT2D eigenvalue weighted by Gasteiger charge is 2.07. The van der Waals surface area contributed by atoms with E-state index in [1.54, 1.807) is 25.2 Å². The minimum absolute atomic E-state index is 0. The minimum atomic E-state index is 0. The molecule has 2 N–H and O–H groups in total. The van der Waals surface area contributed by atoms with Crippen LogP contribution in [0.15, 0.2) is 72.2 Å². The van der Waals surface area contributed by atoms with Crippen molar-refractivity contribution in [2.24, 2.45) is 4.99 Å². The number of nitrogens with zero attached hydrogens (tertiary/aromatic N) is 4. The second-order valence-electron chi connectivity index (χ2n) is 7.50. The van der Waals surface area contributed by atoms with Gasteiger partial charge in [-0.3, -0.25) is 4.79 Å². The van der Waals surface area contributed by atoms with Crippen LogP contribution in [0.5, 0.6) is 0 Å². The smallest absolute Gasteiger partial charge is 0.253 e. The molecule has 0 atom stereocenters. The first-order valence-corrected chi connectivity index (χ1v) is 10.4. The topological polar surface area (TPSA) is 74.6 Å². The SMILES string of the molecule is CCNC(=NCc1ccc(C(=O)N(C)C)cc1)NCc1ccc(Cn2ccnc2)cc1.I. The lowest BCUT2D eigenvalue weighted by Gasteiger charge is -2.12. The lowest BCUT2D eigenvalue weighted by molar-refractivity contribution is 0.0827. The van der Waals surface area contributed by atoms with Gasteiger partial charge >= 0.3 is 0 Å². The molecule has 0 saturated heterocycles. The molecule has 0 fully saturated rings. The molecule has 0 aliphatic rings. The van der Waals surface area contributed by atoms with Gasteiger partial charge in [0.25, 0.3) is 5.91 Å². The van der Waals surface area contributed by atoms with Gasteiger partial charge in [-0.2, -0.15) is 0 Å². The Kier molecular flexibility index (Phi) is 10.2. The summed E-state index contributed by atoms with van der Waals surface area (Å²) < 4.78 is 2.05. The number of guanidine groups is 1. The summed E-state index contributed by atoms with van der Waals surface area (Å²) in [5, 5.41) is 6.66. The van der Waals surface area contributed by atoms with Crippen molar-refractivity contribution in [3.63, 3.8) is 0 Å². The minimum Gasteiger partial charge on any atom is -0.357 e. The third kappa shape index (κ3) is 7.67. The Bertz CT molecular complexity index is 982. The molecule has 0 aliphatic heterocycles. The zero-order chi connectivity index (χ0) is 22.1. The fourth-order valence-electron chi connectivity index (χ4n) is 3.06. The molecule has 0 aliphatic carbocycles. The van der Waals surface area contributed by atoms with Crippen molar-refractivity contribution in [2.45, 2.75) is 26.6 Å². The molecular formula is C24H31IN6O. The molecule has 0 radical (unpaired) electrons. The maximum atomic E-state index is 12.0. The summed E-state index contributed by atoms with van der Waals surface area (Å²) in [5.74, 6) is 0.763. The Morgan fingerprint density at radius 3 is 2.25 bits per heavy atom. The predicted octanol–water partition coefficient (Wildman–Crippen LogP) is 3.51. The zero-order valence-electron chi connectivity index (χ0n) is 18.8. The monoisotopic (exact) mass is 546 g/mol. The van der Waals surface area contributed by atoms with Crippen molar-refractivity contribution < 1.29 is 4.79 Å². The second kappa shape index (κ2) is 12.8. The predicted molar refractivity (Wildman–Crippen MR) is 139 cm³/mol. The molecule has 0 saturated carbocycles. The third-order valence-electron chi connectivity index (χ3n) is 4.78. The molecular weight excluding hydrogens is 515 g/mol. The Balaban J connectivity index is 0.00000363. The number of carbonyl (C=O) groups excluding carboxylic acids is 1. The number of carbonyl (C=O) groups is 1. The van der Waals surface area contributed by atoms with E-state index >= 15 is 0 Å². The average Bonchev–Trinajstić information content (AvgIpc) is 3.29. The number of nitrogens with one attached hydrogen (secondary N) is 2. The van der Waals surface area contributed by atoms with Crippen LogP contribution in [0.4, 0.5) is 0 Å². The highest BCUT2D eigenvalue weighted by Crippen LogP contribution is 2.08. The van der Waals surface area contributed by atoms with E-state index in [9.17, 15) is 4.79 Å². The van der Waals surface area contributed by atoms with E-state index in [0.717, 1.165) is 24.6 Å². The Morgan fingerprint density at radius 1 is 1.00 bits per heavy atom. The molecule has 170 valence electrons. The van der Waals surface area contributed by atoms with Gasteiger partial charge in [0.2, 0.25) is 0 Å². The van der Waals surface area contributed by atoms with Gasteiger partial charge in [0.1, 0.15) is 0 Å². The van der Waals surface area contributed by atoms with Crippen LogP contribution in [0.1, 0.15) is 34.0 Å². The van der Waals surface area contributed by atoms with E-state index < -0.39 is 0 Å². The Labute approximate surface area is 207 Å². The van der Waals surface area contributed by atoms with Crippen LogP contribution >= 0.6 is 24.0 Å². The maximum Gasteiger partial charge on any atom is 0.253 e. The lowest BCUT2D eigenvalue weighted by atomic mass is 10.1. The first-order valence-electron chi connectivity index (χ1n) is 10.4. The molecule has 2 aromatic carbocycles. The Morgan fingerprint density at radius 2 is 1.66 bits per heavy atom. The van der Waals surface area contributed by atoms with Crippen LogP contribution in [-0.4, -0.2) is 47.0 Å². The molecule has 0 bridgehead atoms. The van der Waals surface area contributed by atoms with E-state index in [0.29, 0.717) is 18.7 Å². The summed E-state index contributed by atoms with van der Waals surface area (Å²) in [4.78, 5) is 22.3. The van der Waals surface area contributed by atoms with Crippen LogP contribution in [0.25, 0.3) is 0 Å². The zero-order valence-corrected chi connectivity index (χ0v) is 21.1. The number of imidazole rings is 1. The van der Waals surface area contributed by atoms with E-state index in [2.05, 4.69) is 44.9 Å². The molecule has 1 aromatic heterocycles. The number of rotatable bonds is 8. The second-order valence-corrected chi connectivity index (χ2v) is 7.50. The molecule has 3 aromatic rings. The summed E-state index contributed by atoms with van der Waals surface area (Å²) in [7, 11) is 3.50. The van der Waals surface area contributed by atoms with E-state index in [-0.39, 0.29) is 29.9 Å². The van der Waals surface area contributed by atoms with Gasteiger partial charge in [-0.1, -0.05) is 36.4 Å². The molecule has 8 heteroatoms. The number of amides is 1. The normalized spacial score (nSPS) is 10.9. The highest BCUT2D eigenvalue weighted by molar-refractivity contribution is 14.0. The quantitative estimate of drug-likeness (QED) is 0.258. The van der Waals surface area contributed by atoms with Gasteiger partial charge in [-0.05, 0) is 35.7 Å². The van der Waals surface area contributed by atoms with Crippen molar-refractivity contribution >= 4 is 35.8 Å². The molecule has 32 heavy (non-hydrogen) atoms. The van der Waals surface area contributed by atoms with Gasteiger partial charge in [-0.25, -0.2) is 9.98 Å². The number of benzene rings is 2. The first kappa shape index (κ1) is 25.4. The van der Waals surface area contributed by atoms with Crippen LogP contribution in [-0.2, 0) is 19.6 Å². The fourth-order valence-corrected chi connectivity index (χ4v) is 3.06. The molecule has 1 heterocycles. The number of hydrogen-bond donors (Lipinski definition) is 2. The van der Waals surface area contributed by atoms with Crippen molar-refractivity contribution in [3.05, 3.63) is 89.5 Å². The van der Waals surface area contributed by atoms with Crippen LogP contribution in [0.2, 0.25) is 0 Å². The lowest BCUT2D eigenvalue weighted by Crippen LogP contribution is -2.36. The summed E-state index contributed by atoms with van der Waals surface area (Å²) in [6.45, 7) is 4.87. The van der Waals surface area contributed by atoms with Gasteiger partial charge in [0, 0.05) is 51.7 Å². The van der Waals surface area contributed by atoms with Gasteiger partial charge in [-0.15, -0.1) is 24.0 Å². The molecule has 3 rings (SSSR count). The summed E-state index contributed by atoms with van der Waals surface area (Å²) in [6.07, 6.45) is 5.57. The molecule has 7 nitrogen and oxygen atoms in total. The van der Waals surface area contributed by atoms with Gasteiger partial charge in [0.05, 0.1) is 12.9 Å². The summed E-state index contributed by atoms with van der Waals surface area (Å²) >= 11 is 0. The number of aliphatic imine (C=N–C) groups is 1. The van der Waals surface area contributed by atoms with Crippen LogP contribution < -0.4 is 10.6 Å². The average molecular weight is 546 g/mol. The highest BCUT2D eigenvalue weighted by atomic mass is 127. The Hall–Kier alpha value is -2.88.